The maximum Gasteiger partial charge on any atom is 0.109 e. The molecule has 0 bridgehead atoms. The molecule has 3 nitrogen and oxygen atoms in total. The summed E-state index contributed by atoms with van der Waals surface area (Å²) in [5, 5.41) is 0. The summed E-state index contributed by atoms with van der Waals surface area (Å²) in [6, 6.07) is 0. The molecule has 0 aliphatic carbocycles. The second-order valence-electron chi connectivity index (χ2n) is 3.20. The quantitative estimate of drug-likeness (QED) is 0.667. The minimum absolute atomic E-state index is 0.692. The standard InChI is InChI=1S/C9H16ClN3/c1-12(7-4-10)6-3-9-11-5-8-13(9)2/h5,8H,3-4,6-7H2,1-2H3. The van der Waals surface area contributed by atoms with E-state index in [0.29, 0.717) is 5.88 Å². The van der Waals surface area contributed by atoms with E-state index in [2.05, 4.69) is 21.5 Å². The molecule has 1 aromatic rings. The Balaban J connectivity index is 2.30. The van der Waals surface area contributed by atoms with Gasteiger partial charge in [-0.25, -0.2) is 4.98 Å². The lowest BCUT2D eigenvalue weighted by atomic mass is 10.4. The average Bonchev–Trinajstić information content (AvgIpc) is 2.48. The number of hydrogen-bond acceptors (Lipinski definition) is 2. The van der Waals surface area contributed by atoms with Crippen LogP contribution in [0, 0.1) is 0 Å². The topological polar surface area (TPSA) is 21.1 Å². The third-order valence-electron chi connectivity index (χ3n) is 2.10. The zero-order chi connectivity index (χ0) is 9.68. The van der Waals surface area contributed by atoms with Gasteiger partial charge in [-0.1, -0.05) is 0 Å². The van der Waals surface area contributed by atoms with E-state index in [-0.39, 0.29) is 0 Å². The molecule has 0 aliphatic rings. The van der Waals surface area contributed by atoms with Gasteiger partial charge in [0.15, 0.2) is 0 Å². The number of halogens is 1. The van der Waals surface area contributed by atoms with Gasteiger partial charge in [0.1, 0.15) is 5.82 Å². The van der Waals surface area contributed by atoms with Gasteiger partial charge < -0.3 is 9.47 Å². The zero-order valence-electron chi connectivity index (χ0n) is 8.20. The molecule has 0 amide bonds. The monoisotopic (exact) mass is 201 g/mol. The van der Waals surface area contributed by atoms with Gasteiger partial charge in [0.2, 0.25) is 0 Å². The molecular formula is C9H16ClN3. The number of likely N-dealkylation sites (N-methyl/N-ethyl adjacent to an activating group) is 1. The predicted molar refractivity (Wildman–Crippen MR) is 55.1 cm³/mol. The number of hydrogen-bond donors (Lipinski definition) is 0. The first kappa shape index (κ1) is 10.5. The van der Waals surface area contributed by atoms with Crippen LogP contribution in [0.25, 0.3) is 0 Å². The van der Waals surface area contributed by atoms with Crippen LogP contribution in [0.3, 0.4) is 0 Å². The number of aryl methyl sites for hydroxylation is 1. The first-order valence-electron chi connectivity index (χ1n) is 4.44. The number of imidazole rings is 1. The predicted octanol–water partition coefficient (Wildman–Crippen LogP) is 1.13. The number of aromatic nitrogens is 2. The summed E-state index contributed by atoms with van der Waals surface area (Å²) in [4.78, 5) is 6.46. The summed E-state index contributed by atoms with van der Waals surface area (Å²) in [5.74, 6) is 1.82. The molecule has 1 heterocycles. The number of alkyl halides is 1. The minimum Gasteiger partial charge on any atom is -0.338 e. The molecule has 0 spiro atoms. The Kier molecular flexibility index (Phi) is 4.25. The fourth-order valence-electron chi connectivity index (χ4n) is 1.18. The summed E-state index contributed by atoms with van der Waals surface area (Å²) >= 11 is 5.63. The van der Waals surface area contributed by atoms with E-state index >= 15 is 0 Å². The largest absolute Gasteiger partial charge is 0.338 e. The summed E-state index contributed by atoms with van der Waals surface area (Å²) in [6.45, 7) is 1.95. The highest BCUT2D eigenvalue weighted by Crippen LogP contribution is 1.97. The molecule has 0 radical (unpaired) electrons. The van der Waals surface area contributed by atoms with Crippen LogP contribution in [0.1, 0.15) is 5.82 Å². The van der Waals surface area contributed by atoms with Gasteiger partial charge in [0.25, 0.3) is 0 Å². The van der Waals surface area contributed by atoms with E-state index < -0.39 is 0 Å². The molecule has 0 N–H and O–H groups in total. The van der Waals surface area contributed by atoms with Crippen molar-refractivity contribution in [2.75, 3.05) is 26.0 Å². The molecule has 0 aromatic carbocycles. The Morgan fingerprint density at radius 3 is 2.85 bits per heavy atom. The summed E-state index contributed by atoms with van der Waals surface area (Å²) < 4.78 is 2.05. The highest BCUT2D eigenvalue weighted by molar-refractivity contribution is 6.18. The Morgan fingerprint density at radius 2 is 2.31 bits per heavy atom. The molecule has 0 saturated carbocycles. The van der Waals surface area contributed by atoms with Crippen molar-refractivity contribution in [2.24, 2.45) is 7.05 Å². The lowest BCUT2D eigenvalue weighted by Gasteiger charge is -2.14. The number of nitrogens with zero attached hydrogens (tertiary/aromatic N) is 3. The lowest BCUT2D eigenvalue weighted by molar-refractivity contribution is 0.355. The van der Waals surface area contributed by atoms with E-state index in [1.54, 1.807) is 0 Å². The van der Waals surface area contributed by atoms with Crippen molar-refractivity contribution >= 4 is 11.6 Å². The zero-order valence-corrected chi connectivity index (χ0v) is 8.96. The first-order chi connectivity index (χ1) is 6.24. The molecule has 0 fully saturated rings. The Bertz CT molecular complexity index is 247. The second-order valence-corrected chi connectivity index (χ2v) is 3.57. The second kappa shape index (κ2) is 5.25. The van der Waals surface area contributed by atoms with Crippen LogP contribution in [0.4, 0.5) is 0 Å². The minimum atomic E-state index is 0.692. The van der Waals surface area contributed by atoms with Crippen molar-refractivity contribution in [1.29, 1.82) is 0 Å². The van der Waals surface area contributed by atoms with Crippen molar-refractivity contribution in [2.45, 2.75) is 6.42 Å². The number of rotatable bonds is 5. The van der Waals surface area contributed by atoms with Crippen LogP contribution in [0.15, 0.2) is 12.4 Å². The molecule has 0 unspecified atom stereocenters. The Labute approximate surface area is 84.3 Å². The fraction of sp³-hybridized carbons (Fsp3) is 0.667. The Morgan fingerprint density at radius 1 is 1.54 bits per heavy atom. The smallest absolute Gasteiger partial charge is 0.109 e. The van der Waals surface area contributed by atoms with Gasteiger partial charge in [-0.05, 0) is 7.05 Å². The van der Waals surface area contributed by atoms with Crippen LogP contribution in [0.5, 0.6) is 0 Å². The molecule has 0 atom stereocenters. The lowest BCUT2D eigenvalue weighted by Crippen LogP contribution is -2.24. The van der Waals surface area contributed by atoms with Gasteiger partial charge in [-0.3, -0.25) is 0 Å². The van der Waals surface area contributed by atoms with Crippen LogP contribution in [-0.4, -0.2) is 40.5 Å². The molecule has 4 heteroatoms. The highest BCUT2D eigenvalue weighted by atomic mass is 35.5. The van der Waals surface area contributed by atoms with Crippen LogP contribution in [0.2, 0.25) is 0 Å². The third kappa shape index (κ3) is 3.36. The van der Waals surface area contributed by atoms with Gasteiger partial charge >= 0.3 is 0 Å². The molecular weight excluding hydrogens is 186 g/mol. The van der Waals surface area contributed by atoms with Crippen LogP contribution in [-0.2, 0) is 13.5 Å². The normalized spacial score (nSPS) is 11.1. The maximum absolute atomic E-state index is 5.63. The van der Waals surface area contributed by atoms with Crippen molar-refractivity contribution in [3.05, 3.63) is 18.2 Å². The van der Waals surface area contributed by atoms with Crippen LogP contribution < -0.4 is 0 Å². The van der Waals surface area contributed by atoms with E-state index in [4.69, 9.17) is 11.6 Å². The molecule has 13 heavy (non-hydrogen) atoms. The van der Waals surface area contributed by atoms with Crippen molar-refractivity contribution in [3.63, 3.8) is 0 Å². The van der Waals surface area contributed by atoms with Gasteiger partial charge in [0, 0.05) is 44.8 Å². The maximum atomic E-state index is 5.63. The Hall–Kier alpha value is -0.540. The highest BCUT2D eigenvalue weighted by Gasteiger charge is 2.01. The summed E-state index contributed by atoms with van der Waals surface area (Å²) in [5.41, 5.74) is 0. The molecule has 0 aliphatic heterocycles. The van der Waals surface area contributed by atoms with Crippen molar-refractivity contribution in [3.8, 4) is 0 Å². The summed E-state index contributed by atoms with van der Waals surface area (Å²) in [7, 11) is 4.09. The molecule has 1 rings (SSSR count). The van der Waals surface area contributed by atoms with E-state index in [1.807, 2.05) is 19.4 Å². The van der Waals surface area contributed by atoms with Gasteiger partial charge in [-0.15, -0.1) is 11.6 Å². The van der Waals surface area contributed by atoms with Gasteiger partial charge in [-0.2, -0.15) is 0 Å². The van der Waals surface area contributed by atoms with Gasteiger partial charge in [0.05, 0.1) is 0 Å². The SMILES string of the molecule is CN(CCCl)CCc1nccn1C. The molecule has 1 aromatic heterocycles. The first-order valence-corrected chi connectivity index (χ1v) is 4.98. The summed E-state index contributed by atoms with van der Waals surface area (Å²) in [6.07, 6.45) is 4.78. The van der Waals surface area contributed by atoms with Crippen LogP contribution >= 0.6 is 11.6 Å². The molecule has 0 saturated heterocycles. The van der Waals surface area contributed by atoms with E-state index in [9.17, 15) is 0 Å². The average molecular weight is 202 g/mol. The van der Waals surface area contributed by atoms with E-state index in [0.717, 1.165) is 25.3 Å². The third-order valence-corrected chi connectivity index (χ3v) is 2.27. The fourth-order valence-corrected chi connectivity index (χ4v) is 1.47. The molecule has 74 valence electrons. The van der Waals surface area contributed by atoms with Crippen molar-refractivity contribution in [1.82, 2.24) is 14.5 Å². The van der Waals surface area contributed by atoms with Crippen molar-refractivity contribution < 1.29 is 0 Å². The van der Waals surface area contributed by atoms with E-state index in [1.165, 1.54) is 0 Å².